The third-order valence-corrected chi connectivity index (χ3v) is 4.23. The van der Waals surface area contributed by atoms with Crippen LogP contribution in [0.2, 0.25) is 5.02 Å². The first kappa shape index (κ1) is 19.2. The molecule has 22 heavy (non-hydrogen) atoms. The summed E-state index contributed by atoms with van der Waals surface area (Å²) in [6.45, 7) is 6.14. The summed E-state index contributed by atoms with van der Waals surface area (Å²) < 4.78 is 0. The highest BCUT2D eigenvalue weighted by Crippen LogP contribution is 2.26. The highest BCUT2D eigenvalue weighted by molar-refractivity contribution is 6.32. The molecule has 1 saturated heterocycles. The van der Waals surface area contributed by atoms with Gasteiger partial charge in [0.15, 0.2) is 0 Å². The Kier molecular flexibility index (Phi) is 8.10. The monoisotopic (exact) mass is 347 g/mol. The molecule has 7 heteroatoms. The molecule has 1 heterocycles. The van der Waals surface area contributed by atoms with Crippen molar-refractivity contribution >= 4 is 29.7 Å². The maximum absolute atomic E-state index is 10.8. The van der Waals surface area contributed by atoms with Gasteiger partial charge < -0.3 is 5.32 Å². The molecule has 5 nitrogen and oxygen atoms in total. The van der Waals surface area contributed by atoms with Crippen molar-refractivity contribution in [2.75, 3.05) is 19.6 Å². The van der Waals surface area contributed by atoms with E-state index in [1.165, 1.54) is 6.07 Å². The molecule has 0 amide bonds. The molecule has 0 aromatic heterocycles. The fraction of sp³-hybridized carbons (Fsp3) is 0.600. The van der Waals surface area contributed by atoms with Crippen LogP contribution in [0.4, 0.5) is 5.69 Å². The van der Waals surface area contributed by atoms with Gasteiger partial charge in [0, 0.05) is 18.7 Å². The molecule has 0 spiro atoms. The maximum Gasteiger partial charge on any atom is 0.287 e. The first-order valence-corrected chi connectivity index (χ1v) is 7.87. The topological polar surface area (TPSA) is 58.4 Å². The van der Waals surface area contributed by atoms with Crippen molar-refractivity contribution in [2.45, 2.75) is 38.8 Å². The average molecular weight is 348 g/mol. The van der Waals surface area contributed by atoms with Gasteiger partial charge in [-0.05, 0) is 50.5 Å². The van der Waals surface area contributed by atoms with Gasteiger partial charge in [-0.25, -0.2) is 0 Å². The third-order valence-electron chi connectivity index (χ3n) is 3.93. The van der Waals surface area contributed by atoms with E-state index in [0.717, 1.165) is 51.0 Å². The van der Waals surface area contributed by atoms with Crippen LogP contribution < -0.4 is 5.32 Å². The second-order valence-corrected chi connectivity index (χ2v) is 5.90. The molecule has 1 aliphatic heterocycles. The number of hydrogen-bond acceptors (Lipinski definition) is 4. The highest BCUT2D eigenvalue weighted by Gasteiger charge is 2.21. The molecule has 0 aliphatic carbocycles. The quantitative estimate of drug-likeness (QED) is 0.630. The molecule has 1 N–H and O–H groups in total. The lowest BCUT2D eigenvalue weighted by Gasteiger charge is -2.34. The van der Waals surface area contributed by atoms with E-state index in [4.69, 9.17) is 11.6 Å². The predicted octanol–water partition coefficient (Wildman–Crippen LogP) is 3.63. The van der Waals surface area contributed by atoms with Crippen LogP contribution in [0.3, 0.4) is 0 Å². The highest BCUT2D eigenvalue weighted by atomic mass is 35.5. The number of halogens is 2. The van der Waals surface area contributed by atoms with Gasteiger partial charge in [0.25, 0.3) is 5.69 Å². The van der Waals surface area contributed by atoms with Crippen LogP contribution in [-0.2, 0) is 6.54 Å². The minimum absolute atomic E-state index is 0. The van der Waals surface area contributed by atoms with Crippen LogP contribution in [0.15, 0.2) is 18.2 Å². The van der Waals surface area contributed by atoms with Crippen molar-refractivity contribution in [3.8, 4) is 0 Å². The SMILES string of the molecule is CCCN(Cc1ccc([N+](=O)[O-])c(Cl)c1)C1CCNCC1.Cl. The molecule has 1 fully saturated rings. The Balaban J connectivity index is 0.00000242. The van der Waals surface area contributed by atoms with Crippen LogP contribution in [0, 0.1) is 10.1 Å². The van der Waals surface area contributed by atoms with E-state index in [1.807, 2.05) is 6.07 Å². The Labute approximate surface area is 142 Å². The minimum atomic E-state index is -0.442. The number of piperidine rings is 1. The van der Waals surface area contributed by atoms with Crippen molar-refractivity contribution < 1.29 is 4.92 Å². The molecule has 2 rings (SSSR count). The van der Waals surface area contributed by atoms with Gasteiger partial charge in [0.05, 0.1) is 4.92 Å². The summed E-state index contributed by atoms with van der Waals surface area (Å²) >= 11 is 6.00. The van der Waals surface area contributed by atoms with E-state index < -0.39 is 4.92 Å². The smallest absolute Gasteiger partial charge is 0.287 e. The van der Waals surface area contributed by atoms with E-state index in [1.54, 1.807) is 6.07 Å². The van der Waals surface area contributed by atoms with Gasteiger partial charge in [0.1, 0.15) is 5.02 Å². The largest absolute Gasteiger partial charge is 0.317 e. The Bertz CT molecular complexity index is 494. The van der Waals surface area contributed by atoms with Gasteiger partial charge in [-0.3, -0.25) is 15.0 Å². The number of rotatable bonds is 6. The number of hydrogen-bond donors (Lipinski definition) is 1. The molecular weight excluding hydrogens is 325 g/mol. The summed E-state index contributed by atoms with van der Waals surface area (Å²) in [6.07, 6.45) is 3.41. The maximum atomic E-state index is 10.8. The summed E-state index contributed by atoms with van der Waals surface area (Å²) in [4.78, 5) is 12.8. The zero-order chi connectivity index (χ0) is 15.2. The predicted molar refractivity (Wildman–Crippen MR) is 91.9 cm³/mol. The summed E-state index contributed by atoms with van der Waals surface area (Å²) in [5, 5.41) is 14.4. The lowest BCUT2D eigenvalue weighted by atomic mass is 10.0. The Morgan fingerprint density at radius 2 is 2.09 bits per heavy atom. The number of nitrogens with zero attached hydrogens (tertiary/aromatic N) is 2. The van der Waals surface area contributed by atoms with Crippen LogP contribution >= 0.6 is 24.0 Å². The van der Waals surface area contributed by atoms with Crippen LogP contribution in [0.25, 0.3) is 0 Å². The van der Waals surface area contributed by atoms with Gasteiger partial charge in [0.2, 0.25) is 0 Å². The van der Waals surface area contributed by atoms with Gasteiger partial charge >= 0.3 is 0 Å². The Morgan fingerprint density at radius 3 is 2.64 bits per heavy atom. The van der Waals surface area contributed by atoms with E-state index in [9.17, 15) is 10.1 Å². The lowest BCUT2D eigenvalue weighted by molar-refractivity contribution is -0.384. The molecule has 0 bridgehead atoms. The van der Waals surface area contributed by atoms with Crippen molar-refractivity contribution in [1.29, 1.82) is 0 Å². The standard InChI is InChI=1S/C15H22ClN3O2.ClH/c1-2-9-18(13-5-7-17-8-6-13)11-12-3-4-15(19(20)21)14(16)10-12;/h3-4,10,13,17H,2,5-9,11H2,1H3;1H. The zero-order valence-corrected chi connectivity index (χ0v) is 14.3. The third kappa shape index (κ3) is 5.09. The summed E-state index contributed by atoms with van der Waals surface area (Å²) in [6, 6.07) is 5.63. The molecule has 1 aromatic rings. The van der Waals surface area contributed by atoms with E-state index in [-0.39, 0.29) is 23.1 Å². The zero-order valence-electron chi connectivity index (χ0n) is 12.8. The number of nitrogens with one attached hydrogen (secondary N) is 1. The van der Waals surface area contributed by atoms with Crippen LogP contribution in [-0.4, -0.2) is 35.5 Å². The second-order valence-electron chi connectivity index (χ2n) is 5.49. The molecule has 0 radical (unpaired) electrons. The first-order valence-electron chi connectivity index (χ1n) is 7.49. The molecular formula is C15H23Cl2N3O2. The van der Waals surface area contributed by atoms with Crippen molar-refractivity contribution in [1.82, 2.24) is 10.2 Å². The first-order chi connectivity index (χ1) is 10.1. The van der Waals surface area contributed by atoms with Gasteiger partial charge in [-0.2, -0.15) is 0 Å². The fourth-order valence-electron chi connectivity index (χ4n) is 2.88. The summed E-state index contributed by atoms with van der Waals surface area (Å²) in [5.74, 6) is 0. The van der Waals surface area contributed by atoms with Crippen LogP contribution in [0.5, 0.6) is 0 Å². The molecule has 1 aliphatic rings. The molecule has 0 atom stereocenters. The molecule has 0 unspecified atom stereocenters. The number of nitro benzene ring substituents is 1. The molecule has 0 saturated carbocycles. The van der Waals surface area contributed by atoms with Crippen LogP contribution in [0.1, 0.15) is 31.7 Å². The van der Waals surface area contributed by atoms with Crippen molar-refractivity contribution in [2.24, 2.45) is 0 Å². The van der Waals surface area contributed by atoms with Crippen molar-refractivity contribution in [3.63, 3.8) is 0 Å². The summed E-state index contributed by atoms with van der Waals surface area (Å²) in [5.41, 5.74) is 1.02. The second kappa shape index (κ2) is 9.30. The van der Waals surface area contributed by atoms with Gasteiger partial charge in [-0.15, -0.1) is 12.4 Å². The average Bonchev–Trinajstić information content (AvgIpc) is 2.47. The fourth-order valence-corrected chi connectivity index (χ4v) is 3.15. The lowest BCUT2D eigenvalue weighted by Crippen LogP contribution is -2.43. The molecule has 1 aromatic carbocycles. The molecule has 124 valence electrons. The number of benzene rings is 1. The van der Waals surface area contributed by atoms with Gasteiger partial charge in [-0.1, -0.05) is 24.6 Å². The van der Waals surface area contributed by atoms with E-state index in [0.29, 0.717) is 6.04 Å². The Morgan fingerprint density at radius 1 is 1.41 bits per heavy atom. The van der Waals surface area contributed by atoms with E-state index in [2.05, 4.69) is 17.1 Å². The Hall–Kier alpha value is -0.880. The summed E-state index contributed by atoms with van der Waals surface area (Å²) in [7, 11) is 0. The number of nitro groups is 1. The normalized spacial score (nSPS) is 15.6. The van der Waals surface area contributed by atoms with E-state index >= 15 is 0 Å². The minimum Gasteiger partial charge on any atom is -0.317 e. The van der Waals surface area contributed by atoms with Crippen molar-refractivity contribution in [3.05, 3.63) is 38.9 Å².